The normalized spacial score (nSPS) is 16.0. The van der Waals surface area contributed by atoms with E-state index in [0.29, 0.717) is 12.4 Å². The van der Waals surface area contributed by atoms with Crippen LogP contribution in [0.4, 0.5) is 11.5 Å². The maximum Gasteiger partial charge on any atom is 0.260 e. The number of pyridine rings is 1. The van der Waals surface area contributed by atoms with Crippen molar-refractivity contribution in [1.29, 1.82) is 0 Å². The molecule has 1 fully saturated rings. The highest BCUT2D eigenvalue weighted by Gasteiger charge is 2.26. The number of anilines is 2. The van der Waals surface area contributed by atoms with E-state index in [9.17, 15) is 4.79 Å². The van der Waals surface area contributed by atoms with Gasteiger partial charge in [-0.1, -0.05) is 18.2 Å². The number of aromatic nitrogens is 3. The van der Waals surface area contributed by atoms with Crippen LogP contribution in [0.5, 0.6) is 5.75 Å². The van der Waals surface area contributed by atoms with Crippen molar-refractivity contribution in [3.63, 3.8) is 0 Å². The second-order valence-electron chi connectivity index (χ2n) is 8.33. The molecule has 1 N–H and O–H groups in total. The molecule has 0 bridgehead atoms. The van der Waals surface area contributed by atoms with Crippen molar-refractivity contribution in [2.24, 2.45) is 0 Å². The number of ether oxygens (including phenoxy) is 1. The molecule has 166 valence electrons. The molecule has 7 nitrogen and oxygen atoms in total. The molecule has 0 saturated carbocycles. The van der Waals surface area contributed by atoms with Gasteiger partial charge in [0.2, 0.25) is 0 Å². The Morgan fingerprint density at radius 1 is 1.19 bits per heavy atom. The Bertz CT molecular complexity index is 1070. The van der Waals surface area contributed by atoms with Crippen LogP contribution >= 0.6 is 0 Å². The van der Waals surface area contributed by atoms with Gasteiger partial charge in [0.15, 0.2) is 6.61 Å². The molecule has 4 rings (SSSR count). The minimum Gasteiger partial charge on any atom is -0.483 e. The average Bonchev–Trinajstić information content (AvgIpc) is 2.79. The zero-order valence-electron chi connectivity index (χ0n) is 18.8. The fourth-order valence-corrected chi connectivity index (χ4v) is 4.18. The minimum absolute atomic E-state index is 0.0166. The van der Waals surface area contributed by atoms with E-state index in [-0.39, 0.29) is 18.4 Å². The van der Waals surface area contributed by atoms with Crippen LogP contribution in [0.25, 0.3) is 0 Å². The highest BCUT2D eigenvalue weighted by molar-refractivity contribution is 5.78. The standard InChI is InChI=1S/C25H29N5O2/c1-17-6-4-7-18(2)25(17)32-16-24(31)30-11-5-8-20(15-30)22-13-21(12-19(3)28-22)29-23-14-26-9-10-27-23/h4,6-7,9-10,12-14,20H,5,8,11,15-16H2,1-3H3,(H,27,28,29). The number of hydrogen-bond donors (Lipinski definition) is 1. The Kier molecular flexibility index (Phi) is 6.63. The van der Waals surface area contributed by atoms with E-state index in [2.05, 4.69) is 15.3 Å². The molecular formula is C25H29N5O2. The lowest BCUT2D eigenvalue weighted by atomic mass is 9.93. The third-order valence-corrected chi connectivity index (χ3v) is 5.75. The molecule has 0 radical (unpaired) electrons. The first-order valence-electron chi connectivity index (χ1n) is 11.0. The molecule has 0 aliphatic carbocycles. The molecule has 32 heavy (non-hydrogen) atoms. The van der Waals surface area contributed by atoms with E-state index in [1.54, 1.807) is 18.6 Å². The summed E-state index contributed by atoms with van der Waals surface area (Å²) in [5, 5.41) is 3.29. The second kappa shape index (κ2) is 9.77. The van der Waals surface area contributed by atoms with E-state index in [0.717, 1.165) is 53.3 Å². The van der Waals surface area contributed by atoms with Gasteiger partial charge >= 0.3 is 0 Å². The fourth-order valence-electron chi connectivity index (χ4n) is 4.18. The number of aryl methyl sites for hydroxylation is 3. The highest BCUT2D eigenvalue weighted by atomic mass is 16.5. The summed E-state index contributed by atoms with van der Waals surface area (Å²) in [5.74, 6) is 1.70. The molecule has 3 heterocycles. The van der Waals surface area contributed by atoms with Gasteiger partial charge in [0.05, 0.1) is 6.20 Å². The number of nitrogens with zero attached hydrogens (tertiary/aromatic N) is 4. The maximum atomic E-state index is 12.9. The number of likely N-dealkylation sites (tertiary alicyclic amines) is 1. The van der Waals surface area contributed by atoms with Crippen LogP contribution in [-0.2, 0) is 4.79 Å². The second-order valence-corrected chi connectivity index (χ2v) is 8.33. The first-order chi connectivity index (χ1) is 15.5. The number of benzene rings is 1. The van der Waals surface area contributed by atoms with Crippen molar-refractivity contribution in [1.82, 2.24) is 19.9 Å². The van der Waals surface area contributed by atoms with Crippen molar-refractivity contribution in [2.75, 3.05) is 25.0 Å². The first kappa shape index (κ1) is 21.7. The largest absolute Gasteiger partial charge is 0.483 e. The zero-order chi connectivity index (χ0) is 22.5. The molecule has 2 aromatic heterocycles. The zero-order valence-corrected chi connectivity index (χ0v) is 18.8. The van der Waals surface area contributed by atoms with E-state index in [1.807, 2.05) is 56.0 Å². The predicted octanol–water partition coefficient (Wildman–Crippen LogP) is 4.33. The van der Waals surface area contributed by atoms with E-state index in [1.165, 1.54) is 0 Å². The van der Waals surface area contributed by atoms with Crippen LogP contribution in [0, 0.1) is 20.8 Å². The quantitative estimate of drug-likeness (QED) is 0.626. The van der Waals surface area contributed by atoms with Gasteiger partial charge < -0.3 is 15.0 Å². The van der Waals surface area contributed by atoms with Gasteiger partial charge in [-0.15, -0.1) is 0 Å². The van der Waals surface area contributed by atoms with Crippen LogP contribution in [0.2, 0.25) is 0 Å². The summed E-state index contributed by atoms with van der Waals surface area (Å²) in [6.45, 7) is 7.44. The summed E-state index contributed by atoms with van der Waals surface area (Å²) >= 11 is 0. The number of amides is 1. The molecule has 3 aromatic rings. The topological polar surface area (TPSA) is 80.2 Å². The summed E-state index contributed by atoms with van der Waals surface area (Å²) in [6, 6.07) is 10.0. The molecule has 0 spiro atoms. The lowest BCUT2D eigenvalue weighted by Crippen LogP contribution is -2.41. The Balaban J connectivity index is 1.42. The van der Waals surface area contributed by atoms with Crippen LogP contribution in [0.1, 0.15) is 41.3 Å². The van der Waals surface area contributed by atoms with Gasteiger partial charge in [-0.3, -0.25) is 14.8 Å². The monoisotopic (exact) mass is 431 g/mol. The third kappa shape index (κ3) is 5.22. The van der Waals surface area contributed by atoms with Gasteiger partial charge in [-0.2, -0.15) is 0 Å². The summed E-state index contributed by atoms with van der Waals surface area (Å²) in [6.07, 6.45) is 6.94. The highest BCUT2D eigenvalue weighted by Crippen LogP contribution is 2.29. The molecule has 1 saturated heterocycles. The van der Waals surface area contributed by atoms with Gasteiger partial charge in [0.1, 0.15) is 11.6 Å². The van der Waals surface area contributed by atoms with Crippen molar-refractivity contribution in [2.45, 2.75) is 39.5 Å². The Morgan fingerprint density at radius 2 is 2.00 bits per heavy atom. The number of carbonyl (C=O) groups is 1. The fraction of sp³-hybridized carbons (Fsp3) is 0.360. The van der Waals surface area contributed by atoms with Crippen molar-refractivity contribution >= 4 is 17.4 Å². The molecular weight excluding hydrogens is 402 g/mol. The average molecular weight is 432 g/mol. The first-order valence-corrected chi connectivity index (χ1v) is 11.0. The van der Waals surface area contributed by atoms with Crippen LogP contribution in [0.3, 0.4) is 0 Å². The maximum absolute atomic E-state index is 12.9. The Labute approximate surface area is 188 Å². The Hall–Kier alpha value is -3.48. The predicted molar refractivity (Wildman–Crippen MR) is 124 cm³/mol. The molecule has 1 atom stereocenters. The minimum atomic E-state index is 0.0166. The molecule has 7 heteroatoms. The summed E-state index contributed by atoms with van der Waals surface area (Å²) in [4.78, 5) is 27.9. The van der Waals surface area contributed by atoms with Gasteiger partial charge in [-0.05, 0) is 56.9 Å². The SMILES string of the molecule is Cc1cc(Nc2cnccn2)cc(C2CCCN(C(=O)COc3c(C)cccc3C)C2)n1. The number of para-hydroxylation sites is 1. The number of carbonyl (C=O) groups excluding carboxylic acids is 1. The lowest BCUT2D eigenvalue weighted by Gasteiger charge is -2.33. The van der Waals surface area contributed by atoms with E-state index >= 15 is 0 Å². The van der Waals surface area contributed by atoms with Crippen LogP contribution in [0.15, 0.2) is 48.9 Å². The van der Waals surface area contributed by atoms with E-state index in [4.69, 9.17) is 9.72 Å². The molecule has 1 unspecified atom stereocenters. The number of piperidine rings is 1. The molecule has 1 aliphatic heterocycles. The lowest BCUT2D eigenvalue weighted by molar-refractivity contribution is -0.134. The summed E-state index contributed by atoms with van der Waals surface area (Å²) in [7, 11) is 0. The van der Waals surface area contributed by atoms with Gasteiger partial charge in [0, 0.05) is 48.5 Å². The summed E-state index contributed by atoms with van der Waals surface area (Å²) in [5.41, 5.74) is 4.93. The van der Waals surface area contributed by atoms with E-state index < -0.39 is 0 Å². The number of nitrogens with one attached hydrogen (secondary N) is 1. The van der Waals surface area contributed by atoms with Gasteiger partial charge in [0.25, 0.3) is 5.91 Å². The third-order valence-electron chi connectivity index (χ3n) is 5.75. The molecule has 1 amide bonds. The summed E-state index contributed by atoms with van der Waals surface area (Å²) < 4.78 is 5.90. The van der Waals surface area contributed by atoms with Crippen molar-refractivity contribution in [3.05, 3.63) is 71.4 Å². The molecule has 1 aliphatic rings. The molecule has 1 aromatic carbocycles. The van der Waals surface area contributed by atoms with Crippen LogP contribution < -0.4 is 10.1 Å². The number of rotatable bonds is 6. The van der Waals surface area contributed by atoms with Crippen LogP contribution in [-0.4, -0.2) is 45.5 Å². The van der Waals surface area contributed by atoms with Crippen molar-refractivity contribution in [3.8, 4) is 5.75 Å². The Morgan fingerprint density at radius 3 is 2.75 bits per heavy atom. The number of hydrogen-bond acceptors (Lipinski definition) is 6. The van der Waals surface area contributed by atoms with Gasteiger partial charge in [-0.25, -0.2) is 4.98 Å². The van der Waals surface area contributed by atoms with Crippen molar-refractivity contribution < 1.29 is 9.53 Å². The smallest absolute Gasteiger partial charge is 0.260 e.